The van der Waals surface area contributed by atoms with E-state index < -0.39 is 17.8 Å². The Bertz CT molecular complexity index is 1410. The highest BCUT2D eigenvalue weighted by atomic mass is 19.1. The molecule has 38 heavy (non-hydrogen) atoms. The van der Waals surface area contributed by atoms with Crippen LogP contribution in [0.3, 0.4) is 0 Å². The molecule has 192 valence electrons. The Balaban J connectivity index is 1.47. The van der Waals surface area contributed by atoms with Crippen molar-refractivity contribution in [2.75, 3.05) is 25.6 Å². The molecule has 0 aromatic heterocycles. The maximum atomic E-state index is 13.9. The number of para-hydroxylation sites is 1. The van der Waals surface area contributed by atoms with Gasteiger partial charge >= 0.3 is 0 Å². The number of amides is 2. The zero-order chi connectivity index (χ0) is 26.5. The van der Waals surface area contributed by atoms with E-state index in [1.165, 1.54) is 12.1 Å². The molecule has 2 amide bonds. The summed E-state index contributed by atoms with van der Waals surface area (Å²) in [6.45, 7) is 0.573. The molecule has 4 aromatic rings. The van der Waals surface area contributed by atoms with Crippen LogP contribution in [0.4, 0.5) is 10.1 Å². The van der Waals surface area contributed by atoms with Crippen LogP contribution in [0.25, 0.3) is 0 Å². The fraction of sp³-hybridized carbons (Fsp3) is 0.161. The predicted molar refractivity (Wildman–Crippen MR) is 143 cm³/mol. The number of nitrogens with one attached hydrogen (secondary N) is 1. The van der Waals surface area contributed by atoms with Crippen molar-refractivity contribution in [1.29, 1.82) is 0 Å². The van der Waals surface area contributed by atoms with Gasteiger partial charge in [0, 0.05) is 24.9 Å². The highest BCUT2D eigenvalue weighted by Gasteiger charge is 2.44. The van der Waals surface area contributed by atoms with E-state index in [-0.39, 0.29) is 18.4 Å². The summed E-state index contributed by atoms with van der Waals surface area (Å²) in [6, 6.07) is 28.9. The van der Waals surface area contributed by atoms with Gasteiger partial charge in [-0.25, -0.2) is 4.39 Å². The fourth-order valence-electron chi connectivity index (χ4n) is 4.79. The first kappa shape index (κ1) is 25.2. The third-order valence-corrected chi connectivity index (χ3v) is 6.57. The molecule has 5 rings (SSSR count). The highest BCUT2D eigenvalue weighted by Crippen LogP contribution is 2.43. The van der Waals surface area contributed by atoms with Gasteiger partial charge in [-0.1, -0.05) is 48.5 Å². The molecule has 0 fully saturated rings. The Morgan fingerprint density at radius 3 is 2.24 bits per heavy atom. The molecule has 2 unspecified atom stereocenters. The summed E-state index contributed by atoms with van der Waals surface area (Å²) in [6.07, 6.45) is 0. The Hall–Kier alpha value is -4.49. The minimum Gasteiger partial charge on any atom is -0.457 e. The molecule has 0 bridgehead atoms. The van der Waals surface area contributed by atoms with Gasteiger partial charge in [-0.05, 0) is 65.7 Å². The van der Waals surface area contributed by atoms with Gasteiger partial charge < -0.3 is 19.7 Å². The Morgan fingerprint density at radius 2 is 1.53 bits per heavy atom. The molecule has 1 aliphatic rings. The number of nitrogens with zero attached hydrogens (tertiary/aromatic N) is 1. The minimum atomic E-state index is -0.730. The lowest BCUT2D eigenvalue weighted by Gasteiger charge is -2.41. The number of benzene rings is 4. The number of rotatable bonds is 8. The largest absolute Gasteiger partial charge is 0.457 e. The summed E-state index contributed by atoms with van der Waals surface area (Å²) < 4.78 is 24.9. The van der Waals surface area contributed by atoms with Gasteiger partial charge in [0.1, 0.15) is 17.3 Å². The van der Waals surface area contributed by atoms with Crippen molar-refractivity contribution in [3.05, 3.63) is 126 Å². The van der Waals surface area contributed by atoms with Gasteiger partial charge in [-0.3, -0.25) is 9.59 Å². The normalized spacial score (nSPS) is 16.6. The van der Waals surface area contributed by atoms with Crippen LogP contribution in [0.1, 0.15) is 33.4 Å². The quantitative estimate of drug-likeness (QED) is 0.307. The monoisotopic (exact) mass is 510 g/mol. The number of hydrogen-bond acceptors (Lipinski definition) is 4. The van der Waals surface area contributed by atoms with E-state index in [1.54, 1.807) is 66.6 Å². The number of methoxy groups -OCH3 is 1. The van der Waals surface area contributed by atoms with Crippen molar-refractivity contribution >= 4 is 17.5 Å². The van der Waals surface area contributed by atoms with Crippen molar-refractivity contribution < 1.29 is 23.5 Å². The van der Waals surface area contributed by atoms with Gasteiger partial charge in [0.2, 0.25) is 5.91 Å². The molecule has 0 spiro atoms. The first-order valence-corrected chi connectivity index (χ1v) is 12.3. The maximum absolute atomic E-state index is 13.9. The van der Waals surface area contributed by atoms with E-state index in [1.807, 2.05) is 36.4 Å². The number of halogens is 1. The number of hydrogen-bond donors (Lipinski definition) is 1. The fourth-order valence-corrected chi connectivity index (χ4v) is 4.79. The standard InChI is InChI=1S/C31H27FN2O4/c1-37-20-19-34-29(21-11-13-22(32)14-12-21)28(26-9-5-6-10-27(26)31(34)36)30(35)33-23-15-17-25(18-16-23)38-24-7-3-2-4-8-24/h2-18,28-29H,19-20H2,1H3,(H,33,35). The number of carbonyl (C=O) groups excluding carboxylic acids is 2. The Morgan fingerprint density at radius 1 is 0.868 bits per heavy atom. The molecule has 0 aliphatic carbocycles. The van der Waals surface area contributed by atoms with Gasteiger partial charge in [-0.2, -0.15) is 0 Å². The van der Waals surface area contributed by atoms with E-state index in [4.69, 9.17) is 9.47 Å². The molecule has 6 nitrogen and oxygen atoms in total. The number of fused-ring (bicyclic) bond motifs is 1. The van der Waals surface area contributed by atoms with Crippen molar-refractivity contribution in [3.63, 3.8) is 0 Å². The van der Waals surface area contributed by atoms with Crippen LogP contribution in [-0.4, -0.2) is 37.0 Å². The Labute approximate surface area is 220 Å². The molecule has 4 aromatic carbocycles. The number of carbonyl (C=O) groups is 2. The summed E-state index contributed by atoms with van der Waals surface area (Å²) in [4.78, 5) is 29.1. The van der Waals surface area contributed by atoms with Crippen molar-refractivity contribution in [2.24, 2.45) is 0 Å². The van der Waals surface area contributed by atoms with Gasteiger partial charge in [0.05, 0.1) is 18.6 Å². The van der Waals surface area contributed by atoms with E-state index in [2.05, 4.69) is 5.32 Å². The summed E-state index contributed by atoms with van der Waals surface area (Å²) in [7, 11) is 1.56. The van der Waals surface area contributed by atoms with E-state index in [0.29, 0.717) is 40.5 Å². The average molecular weight is 511 g/mol. The summed E-state index contributed by atoms with van der Waals surface area (Å²) in [5.74, 6) is -0.245. The lowest BCUT2D eigenvalue weighted by atomic mass is 9.79. The van der Waals surface area contributed by atoms with Crippen molar-refractivity contribution in [2.45, 2.75) is 12.0 Å². The summed E-state index contributed by atoms with van der Waals surface area (Å²) in [5, 5.41) is 3.01. The lowest BCUT2D eigenvalue weighted by Crippen LogP contribution is -2.47. The minimum absolute atomic E-state index is 0.196. The molecular formula is C31H27FN2O4. The van der Waals surface area contributed by atoms with Crippen LogP contribution in [0.5, 0.6) is 11.5 Å². The SMILES string of the molecule is COCCN1C(=O)c2ccccc2C(C(=O)Nc2ccc(Oc3ccccc3)cc2)C1c1ccc(F)cc1. The lowest BCUT2D eigenvalue weighted by molar-refractivity contribution is -0.119. The van der Waals surface area contributed by atoms with Crippen LogP contribution in [0, 0.1) is 5.82 Å². The molecule has 7 heteroatoms. The molecular weight excluding hydrogens is 483 g/mol. The molecule has 1 heterocycles. The molecule has 2 atom stereocenters. The number of ether oxygens (including phenoxy) is 2. The van der Waals surface area contributed by atoms with Crippen LogP contribution < -0.4 is 10.1 Å². The third kappa shape index (κ3) is 5.28. The smallest absolute Gasteiger partial charge is 0.254 e. The van der Waals surface area contributed by atoms with Crippen molar-refractivity contribution in [1.82, 2.24) is 4.90 Å². The van der Waals surface area contributed by atoms with Gasteiger partial charge in [-0.15, -0.1) is 0 Å². The molecule has 1 aliphatic heterocycles. The van der Waals surface area contributed by atoms with Crippen LogP contribution in [0.2, 0.25) is 0 Å². The van der Waals surface area contributed by atoms with E-state index in [9.17, 15) is 14.0 Å². The third-order valence-electron chi connectivity index (χ3n) is 6.57. The van der Waals surface area contributed by atoms with Crippen LogP contribution in [0.15, 0.2) is 103 Å². The zero-order valence-electron chi connectivity index (χ0n) is 20.8. The topological polar surface area (TPSA) is 67.9 Å². The zero-order valence-corrected chi connectivity index (χ0v) is 20.8. The molecule has 0 saturated heterocycles. The first-order valence-electron chi connectivity index (χ1n) is 12.3. The van der Waals surface area contributed by atoms with E-state index in [0.717, 1.165) is 0 Å². The second kappa shape index (κ2) is 11.3. The van der Waals surface area contributed by atoms with Crippen LogP contribution >= 0.6 is 0 Å². The van der Waals surface area contributed by atoms with Gasteiger partial charge in [0.25, 0.3) is 5.91 Å². The predicted octanol–water partition coefficient (Wildman–Crippen LogP) is 6.18. The molecule has 0 radical (unpaired) electrons. The molecule has 1 N–H and O–H groups in total. The van der Waals surface area contributed by atoms with Crippen molar-refractivity contribution in [3.8, 4) is 11.5 Å². The average Bonchev–Trinajstić information content (AvgIpc) is 2.94. The van der Waals surface area contributed by atoms with Crippen LogP contribution in [-0.2, 0) is 9.53 Å². The molecule has 0 saturated carbocycles. The first-order chi connectivity index (χ1) is 18.5. The summed E-state index contributed by atoms with van der Waals surface area (Å²) >= 11 is 0. The number of anilines is 1. The summed E-state index contributed by atoms with van der Waals surface area (Å²) in [5.41, 5.74) is 2.35. The Kier molecular flexibility index (Phi) is 7.47. The van der Waals surface area contributed by atoms with Gasteiger partial charge in [0.15, 0.2) is 0 Å². The maximum Gasteiger partial charge on any atom is 0.254 e. The van der Waals surface area contributed by atoms with E-state index >= 15 is 0 Å². The highest BCUT2D eigenvalue weighted by molar-refractivity contribution is 6.04. The second-order valence-corrected chi connectivity index (χ2v) is 8.98. The second-order valence-electron chi connectivity index (χ2n) is 8.98.